The van der Waals surface area contributed by atoms with Gasteiger partial charge in [0.25, 0.3) is 0 Å². The second-order valence-electron chi connectivity index (χ2n) is 4.06. The maximum absolute atomic E-state index is 12.4. The average molecular weight is 295 g/mol. The minimum Gasteiger partial charge on any atom is -0.478 e. The first-order valence-electron chi connectivity index (χ1n) is 5.90. The summed E-state index contributed by atoms with van der Waals surface area (Å²) in [4.78, 5) is 15.0. The summed E-state index contributed by atoms with van der Waals surface area (Å²) in [5.74, 6) is -1.40. The number of hydrogen-bond acceptors (Lipinski definition) is 4. The largest absolute Gasteiger partial charge is 0.478 e. The van der Waals surface area contributed by atoms with Gasteiger partial charge in [-0.25, -0.2) is 4.79 Å². The molecule has 7 heteroatoms. The molecule has 0 saturated carbocycles. The van der Waals surface area contributed by atoms with Gasteiger partial charge in [0.2, 0.25) is 0 Å². The molecule has 0 fully saturated rings. The molecule has 0 atom stereocenters. The highest BCUT2D eigenvalue weighted by Crippen LogP contribution is 2.33. The summed E-state index contributed by atoms with van der Waals surface area (Å²) in [7, 11) is 0. The predicted octanol–water partition coefficient (Wildman–Crippen LogP) is 2.54. The third-order valence-electron chi connectivity index (χ3n) is 2.75. The standard InChI is InChI=1S/C14H11F2NO4/c15-14(16)21-12-4-2-1-3-9(12)10-5-8(7-18)17-6-11(10)13(19)20/h1-6,14,18H,7H2,(H,19,20). The van der Waals surface area contributed by atoms with Crippen LogP contribution in [0.2, 0.25) is 0 Å². The zero-order valence-electron chi connectivity index (χ0n) is 10.7. The lowest BCUT2D eigenvalue weighted by atomic mass is 9.99. The minimum atomic E-state index is -3.03. The van der Waals surface area contributed by atoms with Crippen LogP contribution in [0.25, 0.3) is 11.1 Å². The fourth-order valence-corrected chi connectivity index (χ4v) is 1.87. The van der Waals surface area contributed by atoms with Crippen molar-refractivity contribution in [2.75, 3.05) is 0 Å². The number of aromatic carboxylic acids is 1. The summed E-state index contributed by atoms with van der Waals surface area (Å²) in [6.07, 6.45) is 1.07. The lowest BCUT2D eigenvalue weighted by Crippen LogP contribution is -2.06. The molecule has 1 aromatic heterocycles. The Morgan fingerprint density at radius 2 is 2.00 bits per heavy atom. The molecule has 0 bridgehead atoms. The van der Waals surface area contributed by atoms with E-state index in [1.165, 1.54) is 24.3 Å². The third-order valence-corrected chi connectivity index (χ3v) is 2.75. The van der Waals surface area contributed by atoms with Gasteiger partial charge in [-0.1, -0.05) is 18.2 Å². The molecule has 0 saturated heterocycles. The van der Waals surface area contributed by atoms with Crippen LogP contribution < -0.4 is 4.74 Å². The Morgan fingerprint density at radius 1 is 1.29 bits per heavy atom. The van der Waals surface area contributed by atoms with Crippen molar-refractivity contribution in [2.45, 2.75) is 13.2 Å². The van der Waals surface area contributed by atoms with Crippen LogP contribution >= 0.6 is 0 Å². The molecule has 110 valence electrons. The molecule has 2 aromatic rings. The summed E-state index contributed by atoms with van der Waals surface area (Å²) >= 11 is 0. The van der Waals surface area contributed by atoms with Gasteiger partial charge in [0.15, 0.2) is 0 Å². The highest BCUT2D eigenvalue weighted by atomic mass is 19.3. The van der Waals surface area contributed by atoms with Crippen molar-refractivity contribution < 1.29 is 28.5 Å². The number of aromatic nitrogens is 1. The van der Waals surface area contributed by atoms with E-state index in [1.807, 2.05) is 0 Å². The smallest absolute Gasteiger partial charge is 0.387 e. The van der Waals surface area contributed by atoms with Crippen LogP contribution in [0.15, 0.2) is 36.5 Å². The monoisotopic (exact) mass is 295 g/mol. The molecular weight excluding hydrogens is 284 g/mol. The van der Waals surface area contributed by atoms with E-state index in [-0.39, 0.29) is 28.1 Å². The molecule has 2 N–H and O–H groups in total. The first-order chi connectivity index (χ1) is 10.0. The van der Waals surface area contributed by atoms with Crippen LogP contribution in [0.4, 0.5) is 8.78 Å². The van der Waals surface area contributed by atoms with Gasteiger partial charge >= 0.3 is 12.6 Å². The van der Waals surface area contributed by atoms with Gasteiger partial charge in [0.05, 0.1) is 17.9 Å². The number of nitrogens with zero attached hydrogens (tertiary/aromatic N) is 1. The SMILES string of the molecule is O=C(O)c1cnc(CO)cc1-c1ccccc1OC(F)F. The van der Waals surface area contributed by atoms with E-state index >= 15 is 0 Å². The van der Waals surface area contributed by atoms with Crippen LogP contribution in [0.1, 0.15) is 16.1 Å². The summed E-state index contributed by atoms with van der Waals surface area (Å²) in [6, 6.07) is 7.16. The lowest BCUT2D eigenvalue weighted by molar-refractivity contribution is -0.0494. The maximum Gasteiger partial charge on any atom is 0.387 e. The number of alkyl halides is 2. The summed E-state index contributed by atoms with van der Waals surface area (Å²) in [5.41, 5.74) is 0.393. The number of hydrogen-bond donors (Lipinski definition) is 2. The number of aliphatic hydroxyl groups excluding tert-OH is 1. The summed E-state index contributed by atoms with van der Waals surface area (Å²) in [6.45, 7) is -3.43. The van der Waals surface area contributed by atoms with Crippen molar-refractivity contribution in [2.24, 2.45) is 0 Å². The molecule has 21 heavy (non-hydrogen) atoms. The number of aliphatic hydroxyl groups is 1. The fourth-order valence-electron chi connectivity index (χ4n) is 1.87. The zero-order valence-corrected chi connectivity index (χ0v) is 10.7. The predicted molar refractivity (Wildman–Crippen MR) is 69.2 cm³/mol. The number of rotatable bonds is 5. The second kappa shape index (κ2) is 6.27. The lowest BCUT2D eigenvalue weighted by Gasteiger charge is -2.13. The molecule has 1 aromatic carbocycles. The molecule has 0 aliphatic rings. The van der Waals surface area contributed by atoms with E-state index in [1.54, 1.807) is 6.07 Å². The summed E-state index contributed by atoms with van der Waals surface area (Å²) < 4.78 is 29.3. The number of para-hydroxylation sites is 1. The van der Waals surface area contributed by atoms with Crippen molar-refractivity contribution in [3.05, 3.63) is 47.8 Å². The second-order valence-corrected chi connectivity index (χ2v) is 4.06. The van der Waals surface area contributed by atoms with E-state index < -0.39 is 19.2 Å². The van der Waals surface area contributed by atoms with E-state index in [2.05, 4.69) is 9.72 Å². The molecule has 0 amide bonds. The van der Waals surface area contributed by atoms with Gasteiger partial charge in [-0.2, -0.15) is 8.78 Å². The highest BCUT2D eigenvalue weighted by Gasteiger charge is 2.18. The van der Waals surface area contributed by atoms with Gasteiger partial charge in [-0.05, 0) is 12.1 Å². The third kappa shape index (κ3) is 3.32. The molecule has 1 heterocycles. The van der Waals surface area contributed by atoms with Crippen LogP contribution in [-0.2, 0) is 6.61 Å². The Labute approximate surface area is 118 Å². The fraction of sp³-hybridized carbons (Fsp3) is 0.143. The van der Waals surface area contributed by atoms with Gasteiger partial charge in [-0.3, -0.25) is 4.98 Å². The Balaban J connectivity index is 2.62. The molecule has 2 rings (SSSR count). The molecule has 0 unspecified atom stereocenters. The minimum absolute atomic E-state index is 0.148. The molecule has 5 nitrogen and oxygen atoms in total. The van der Waals surface area contributed by atoms with E-state index in [0.29, 0.717) is 0 Å². The van der Waals surface area contributed by atoms with Crippen molar-refractivity contribution in [3.8, 4) is 16.9 Å². The van der Waals surface area contributed by atoms with E-state index in [0.717, 1.165) is 6.20 Å². The Hall–Kier alpha value is -2.54. The number of carboxylic acid groups (broad SMARTS) is 1. The number of carboxylic acids is 1. The van der Waals surface area contributed by atoms with Crippen LogP contribution in [0, 0.1) is 0 Å². The maximum atomic E-state index is 12.4. The number of carbonyl (C=O) groups is 1. The van der Waals surface area contributed by atoms with Crippen molar-refractivity contribution in [1.29, 1.82) is 0 Å². The summed E-state index contributed by atoms with van der Waals surface area (Å²) in [5, 5.41) is 18.3. The number of pyridine rings is 1. The van der Waals surface area contributed by atoms with Gasteiger partial charge in [-0.15, -0.1) is 0 Å². The van der Waals surface area contributed by atoms with Crippen LogP contribution in [0.3, 0.4) is 0 Å². The molecular formula is C14H11F2NO4. The Morgan fingerprint density at radius 3 is 2.62 bits per heavy atom. The van der Waals surface area contributed by atoms with Crippen molar-refractivity contribution >= 4 is 5.97 Å². The number of benzene rings is 1. The Kier molecular flexibility index (Phi) is 4.44. The van der Waals surface area contributed by atoms with E-state index in [9.17, 15) is 18.7 Å². The molecule has 0 spiro atoms. The quantitative estimate of drug-likeness (QED) is 0.886. The molecule has 0 radical (unpaired) electrons. The number of halogens is 2. The van der Waals surface area contributed by atoms with Gasteiger partial charge in [0.1, 0.15) is 5.75 Å². The zero-order chi connectivity index (χ0) is 15.4. The van der Waals surface area contributed by atoms with Crippen molar-refractivity contribution in [3.63, 3.8) is 0 Å². The van der Waals surface area contributed by atoms with Crippen molar-refractivity contribution in [1.82, 2.24) is 4.98 Å². The van der Waals surface area contributed by atoms with Gasteiger partial charge in [0, 0.05) is 17.3 Å². The first kappa shape index (κ1) is 14.9. The van der Waals surface area contributed by atoms with Crippen LogP contribution in [0.5, 0.6) is 5.75 Å². The van der Waals surface area contributed by atoms with Crippen LogP contribution in [-0.4, -0.2) is 27.8 Å². The molecule has 0 aliphatic carbocycles. The first-order valence-corrected chi connectivity index (χ1v) is 5.90. The highest BCUT2D eigenvalue weighted by molar-refractivity contribution is 5.96. The normalized spacial score (nSPS) is 10.7. The number of ether oxygens (including phenoxy) is 1. The Bertz CT molecular complexity index is 661. The molecule has 0 aliphatic heterocycles. The topological polar surface area (TPSA) is 79.7 Å². The average Bonchev–Trinajstić information content (AvgIpc) is 2.46. The van der Waals surface area contributed by atoms with Gasteiger partial charge < -0.3 is 14.9 Å². The van der Waals surface area contributed by atoms with E-state index in [4.69, 9.17) is 5.11 Å².